The molecule has 0 atom stereocenters. The highest BCUT2D eigenvalue weighted by atomic mass is 16.5. The molecule has 0 bridgehead atoms. The maximum atomic E-state index is 11.7. The van der Waals surface area contributed by atoms with E-state index < -0.39 is 6.09 Å². The molecule has 5 heteroatoms. The minimum absolute atomic E-state index is 0.112. The zero-order valence-corrected chi connectivity index (χ0v) is 12.2. The number of hydrogen-bond acceptors (Lipinski definition) is 4. The van der Waals surface area contributed by atoms with Crippen molar-refractivity contribution in [3.63, 3.8) is 0 Å². The molecule has 0 radical (unpaired) electrons. The van der Waals surface area contributed by atoms with Crippen molar-refractivity contribution in [2.45, 2.75) is 26.4 Å². The molecule has 2 rings (SSSR count). The predicted octanol–water partition coefficient (Wildman–Crippen LogP) is 2.10. The minimum atomic E-state index is -0.510. The summed E-state index contributed by atoms with van der Waals surface area (Å²) in [7, 11) is 0. The first-order valence-electron chi connectivity index (χ1n) is 6.99. The van der Waals surface area contributed by atoms with Gasteiger partial charge in [-0.2, -0.15) is 0 Å². The van der Waals surface area contributed by atoms with Gasteiger partial charge in [-0.15, -0.1) is 0 Å². The smallest absolute Gasteiger partial charge is 0.407 e. The quantitative estimate of drug-likeness (QED) is 0.763. The lowest BCUT2D eigenvalue weighted by Crippen LogP contribution is -2.23. The molecule has 0 aliphatic heterocycles. The van der Waals surface area contributed by atoms with Gasteiger partial charge in [-0.3, -0.25) is 0 Å². The Morgan fingerprint density at radius 3 is 2.09 bits per heavy atom. The molecule has 1 amide bonds. The van der Waals surface area contributed by atoms with E-state index in [1.165, 1.54) is 0 Å². The molecule has 116 valence electrons. The molecule has 0 aliphatic rings. The van der Waals surface area contributed by atoms with Crippen LogP contribution in [0.2, 0.25) is 0 Å². The van der Waals surface area contributed by atoms with E-state index >= 15 is 0 Å². The molecule has 0 saturated heterocycles. The molecule has 0 spiro atoms. The van der Waals surface area contributed by atoms with Crippen LogP contribution in [0.5, 0.6) is 0 Å². The van der Waals surface area contributed by atoms with Gasteiger partial charge < -0.3 is 20.3 Å². The van der Waals surface area contributed by atoms with Crippen molar-refractivity contribution < 1.29 is 19.7 Å². The van der Waals surface area contributed by atoms with Crippen molar-refractivity contribution in [3.05, 3.63) is 70.8 Å². The van der Waals surface area contributed by atoms with Crippen LogP contribution >= 0.6 is 0 Å². The Kier molecular flexibility index (Phi) is 5.94. The second kappa shape index (κ2) is 8.17. The van der Waals surface area contributed by atoms with Gasteiger partial charge >= 0.3 is 6.09 Å². The molecule has 2 aromatic carbocycles. The zero-order valence-electron chi connectivity index (χ0n) is 12.2. The lowest BCUT2D eigenvalue weighted by Gasteiger charge is -2.09. The first-order valence-corrected chi connectivity index (χ1v) is 6.99. The summed E-state index contributed by atoms with van der Waals surface area (Å²) in [6.45, 7) is 0.262. The highest BCUT2D eigenvalue weighted by molar-refractivity contribution is 5.67. The van der Waals surface area contributed by atoms with Crippen LogP contribution in [0.3, 0.4) is 0 Å². The van der Waals surface area contributed by atoms with Crippen LogP contribution in [0, 0.1) is 0 Å². The molecule has 0 aliphatic carbocycles. The van der Waals surface area contributed by atoms with E-state index in [9.17, 15) is 15.0 Å². The summed E-state index contributed by atoms with van der Waals surface area (Å²) >= 11 is 0. The van der Waals surface area contributed by atoms with Gasteiger partial charge in [0, 0.05) is 6.54 Å². The lowest BCUT2D eigenvalue weighted by atomic mass is 10.1. The van der Waals surface area contributed by atoms with E-state index in [0.29, 0.717) is 11.1 Å². The Balaban J connectivity index is 1.85. The molecule has 2 aromatic rings. The average Bonchev–Trinajstić information content (AvgIpc) is 2.58. The van der Waals surface area contributed by atoms with E-state index in [1.807, 2.05) is 30.3 Å². The summed E-state index contributed by atoms with van der Waals surface area (Å²) < 4.78 is 5.11. The molecule has 0 aromatic heterocycles. The van der Waals surface area contributed by atoms with Crippen molar-refractivity contribution >= 4 is 6.09 Å². The second-order valence-electron chi connectivity index (χ2n) is 4.89. The zero-order chi connectivity index (χ0) is 15.8. The van der Waals surface area contributed by atoms with Gasteiger partial charge in [0.15, 0.2) is 0 Å². The molecule has 3 N–H and O–H groups in total. The Morgan fingerprint density at radius 2 is 1.50 bits per heavy atom. The standard InChI is InChI=1S/C17H19NO4/c19-10-15-6-14(7-16(8-15)11-20)9-18-17(21)22-12-13-4-2-1-3-5-13/h1-8,19-20H,9-12H2,(H,18,21). The summed E-state index contributed by atoms with van der Waals surface area (Å²) in [6, 6.07) is 14.7. The number of amides is 1. The molecular formula is C17H19NO4. The lowest BCUT2D eigenvalue weighted by molar-refractivity contribution is 0.139. The van der Waals surface area contributed by atoms with Gasteiger partial charge in [0.1, 0.15) is 6.61 Å². The number of ether oxygens (including phenoxy) is 1. The molecule has 0 heterocycles. The van der Waals surface area contributed by atoms with Crippen LogP contribution in [0.25, 0.3) is 0 Å². The minimum Gasteiger partial charge on any atom is -0.445 e. The van der Waals surface area contributed by atoms with Crippen molar-refractivity contribution in [1.82, 2.24) is 5.32 Å². The number of rotatable bonds is 6. The maximum absolute atomic E-state index is 11.7. The summed E-state index contributed by atoms with van der Waals surface area (Å²) in [5, 5.41) is 21.0. The fourth-order valence-electron chi connectivity index (χ4n) is 2.07. The van der Waals surface area contributed by atoms with Crippen molar-refractivity contribution in [2.75, 3.05) is 0 Å². The molecule has 0 saturated carbocycles. The summed E-state index contributed by atoms with van der Waals surface area (Å²) in [4.78, 5) is 11.7. The number of carbonyl (C=O) groups is 1. The number of benzene rings is 2. The van der Waals surface area contributed by atoms with Crippen LogP contribution in [0.15, 0.2) is 48.5 Å². The Morgan fingerprint density at radius 1 is 0.909 bits per heavy atom. The predicted molar refractivity (Wildman–Crippen MR) is 81.8 cm³/mol. The number of hydrogen-bond donors (Lipinski definition) is 3. The third-order valence-corrected chi connectivity index (χ3v) is 3.13. The fourth-order valence-corrected chi connectivity index (χ4v) is 2.07. The number of aliphatic hydroxyl groups excluding tert-OH is 2. The van der Waals surface area contributed by atoms with Crippen LogP contribution < -0.4 is 5.32 Å². The van der Waals surface area contributed by atoms with E-state index in [-0.39, 0.29) is 26.4 Å². The Hall–Kier alpha value is -2.37. The van der Waals surface area contributed by atoms with Crippen LogP contribution in [-0.4, -0.2) is 16.3 Å². The van der Waals surface area contributed by atoms with Gasteiger partial charge in [0.2, 0.25) is 0 Å². The number of alkyl carbamates (subject to hydrolysis) is 1. The molecule has 0 fully saturated rings. The van der Waals surface area contributed by atoms with E-state index in [2.05, 4.69) is 5.32 Å². The number of nitrogens with one attached hydrogen (secondary N) is 1. The molecular weight excluding hydrogens is 282 g/mol. The third kappa shape index (κ3) is 4.87. The summed E-state index contributed by atoms with van der Waals surface area (Å²) in [5.74, 6) is 0. The van der Waals surface area contributed by atoms with Gasteiger partial charge in [-0.1, -0.05) is 48.5 Å². The van der Waals surface area contributed by atoms with Gasteiger partial charge in [0.25, 0.3) is 0 Å². The van der Waals surface area contributed by atoms with Crippen molar-refractivity contribution in [3.8, 4) is 0 Å². The Labute approximate surface area is 129 Å². The first kappa shape index (κ1) is 16.0. The largest absolute Gasteiger partial charge is 0.445 e. The normalized spacial score (nSPS) is 10.3. The monoisotopic (exact) mass is 301 g/mol. The topological polar surface area (TPSA) is 78.8 Å². The molecule has 22 heavy (non-hydrogen) atoms. The number of aliphatic hydroxyl groups is 2. The van der Waals surface area contributed by atoms with Crippen LogP contribution in [0.1, 0.15) is 22.3 Å². The van der Waals surface area contributed by atoms with Gasteiger partial charge in [0.05, 0.1) is 13.2 Å². The van der Waals surface area contributed by atoms with E-state index in [4.69, 9.17) is 4.74 Å². The highest BCUT2D eigenvalue weighted by Gasteiger charge is 2.05. The van der Waals surface area contributed by atoms with Crippen molar-refractivity contribution in [1.29, 1.82) is 0 Å². The maximum Gasteiger partial charge on any atom is 0.407 e. The fraction of sp³-hybridized carbons (Fsp3) is 0.235. The van der Waals surface area contributed by atoms with Gasteiger partial charge in [-0.25, -0.2) is 4.79 Å². The second-order valence-corrected chi connectivity index (χ2v) is 4.89. The van der Waals surface area contributed by atoms with Crippen molar-refractivity contribution in [2.24, 2.45) is 0 Å². The van der Waals surface area contributed by atoms with Gasteiger partial charge in [-0.05, 0) is 22.3 Å². The van der Waals surface area contributed by atoms with E-state index in [0.717, 1.165) is 11.1 Å². The van der Waals surface area contributed by atoms with Crippen LogP contribution in [0.4, 0.5) is 4.79 Å². The molecule has 0 unspecified atom stereocenters. The summed E-state index contributed by atoms with van der Waals surface area (Å²) in [6.07, 6.45) is -0.510. The average molecular weight is 301 g/mol. The van der Waals surface area contributed by atoms with E-state index in [1.54, 1.807) is 18.2 Å². The first-order chi connectivity index (χ1) is 10.7. The highest BCUT2D eigenvalue weighted by Crippen LogP contribution is 2.11. The third-order valence-electron chi connectivity index (χ3n) is 3.13. The SMILES string of the molecule is O=C(NCc1cc(CO)cc(CO)c1)OCc1ccccc1. The number of carbonyl (C=O) groups excluding carboxylic acids is 1. The Bertz CT molecular complexity index is 591. The van der Waals surface area contributed by atoms with Crippen LogP contribution in [-0.2, 0) is 31.1 Å². The molecule has 5 nitrogen and oxygen atoms in total. The summed E-state index contributed by atoms with van der Waals surface area (Å²) in [5.41, 5.74) is 3.11.